The van der Waals surface area contributed by atoms with Gasteiger partial charge in [0.05, 0.1) is 0 Å². The minimum Gasteiger partial charge on any atom is -0.317 e. The quantitative estimate of drug-likeness (QED) is 0.660. The van der Waals surface area contributed by atoms with Gasteiger partial charge in [0, 0.05) is 19.6 Å². The molecule has 5 nitrogen and oxygen atoms in total. The van der Waals surface area contributed by atoms with E-state index in [2.05, 4.69) is 23.9 Å². The van der Waals surface area contributed by atoms with Crippen LogP contribution in [0.1, 0.15) is 40.0 Å². The normalized spacial score (nSPS) is 28.2. The van der Waals surface area contributed by atoms with Crippen LogP contribution in [0.3, 0.4) is 0 Å². The zero-order valence-corrected chi connectivity index (χ0v) is 13.5. The fourth-order valence-electron chi connectivity index (χ4n) is 2.54. The summed E-state index contributed by atoms with van der Waals surface area (Å²) in [5.74, 6) is 1.02. The molecule has 19 heavy (non-hydrogen) atoms. The highest BCUT2D eigenvalue weighted by Crippen LogP contribution is 2.31. The molecule has 0 radical (unpaired) electrons. The summed E-state index contributed by atoms with van der Waals surface area (Å²) < 4.78 is 28.7. The van der Waals surface area contributed by atoms with Crippen molar-refractivity contribution in [2.45, 2.75) is 46.1 Å². The molecule has 0 spiro atoms. The number of nitrogens with one attached hydrogen (secondary N) is 2. The van der Waals surface area contributed by atoms with Gasteiger partial charge in [0.1, 0.15) is 0 Å². The smallest absolute Gasteiger partial charge is 0.279 e. The second-order valence-corrected chi connectivity index (χ2v) is 7.48. The van der Waals surface area contributed by atoms with E-state index in [4.69, 9.17) is 0 Å². The molecule has 0 aliphatic heterocycles. The first-order chi connectivity index (χ1) is 8.88. The van der Waals surface area contributed by atoms with Gasteiger partial charge in [-0.1, -0.05) is 20.8 Å². The van der Waals surface area contributed by atoms with E-state index in [0.29, 0.717) is 18.4 Å². The van der Waals surface area contributed by atoms with Crippen LogP contribution >= 0.6 is 0 Å². The average Bonchev–Trinajstić information content (AvgIpc) is 2.66. The van der Waals surface area contributed by atoms with Crippen molar-refractivity contribution in [1.29, 1.82) is 0 Å². The van der Waals surface area contributed by atoms with Gasteiger partial charge < -0.3 is 5.32 Å². The van der Waals surface area contributed by atoms with E-state index < -0.39 is 10.2 Å². The van der Waals surface area contributed by atoms with Crippen molar-refractivity contribution in [2.24, 2.45) is 11.8 Å². The van der Waals surface area contributed by atoms with E-state index in [1.54, 1.807) is 7.05 Å². The minimum atomic E-state index is -3.33. The molecule has 3 unspecified atom stereocenters. The lowest BCUT2D eigenvalue weighted by Crippen LogP contribution is -2.45. The third kappa shape index (κ3) is 5.02. The molecule has 1 aliphatic rings. The molecule has 1 fully saturated rings. The molecule has 2 N–H and O–H groups in total. The van der Waals surface area contributed by atoms with Crippen LogP contribution in [-0.2, 0) is 10.2 Å². The zero-order chi connectivity index (χ0) is 14.5. The Hall–Kier alpha value is -0.170. The van der Waals surface area contributed by atoms with Crippen molar-refractivity contribution in [1.82, 2.24) is 14.3 Å². The molecule has 6 heteroatoms. The molecule has 0 aromatic carbocycles. The van der Waals surface area contributed by atoms with Crippen LogP contribution in [0.15, 0.2) is 0 Å². The fraction of sp³-hybridized carbons (Fsp3) is 1.00. The maximum absolute atomic E-state index is 12.2. The Morgan fingerprint density at radius 1 is 1.26 bits per heavy atom. The first-order valence-electron chi connectivity index (χ1n) is 7.32. The SMILES string of the molecule is CCNCCCN(C)S(=O)(=O)NC1CCC(C)C1C. The van der Waals surface area contributed by atoms with Crippen LogP contribution < -0.4 is 10.0 Å². The molecule has 0 bridgehead atoms. The lowest BCUT2D eigenvalue weighted by atomic mass is 9.98. The second kappa shape index (κ2) is 7.57. The van der Waals surface area contributed by atoms with Crippen LogP contribution in [0, 0.1) is 11.8 Å². The van der Waals surface area contributed by atoms with Gasteiger partial charge in [-0.05, 0) is 44.2 Å². The Kier molecular flexibility index (Phi) is 6.73. The number of hydrogen-bond donors (Lipinski definition) is 2. The maximum Gasteiger partial charge on any atom is 0.279 e. The molecule has 0 aromatic rings. The summed E-state index contributed by atoms with van der Waals surface area (Å²) in [6.07, 6.45) is 2.90. The highest BCUT2D eigenvalue weighted by Gasteiger charge is 2.33. The molecule has 1 aliphatic carbocycles. The van der Waals surface area contributed by atoms with Crippen LogP contribution in [0.4, 0.5) is 0 Å². The van der Waals surface area contributed by atoms with Crippen molar-refractivity contribution >= 4 is 10.2 Å². The lowest BCUT2D eigenvalue weighted by Gasteiger charge is -2.24. The Balaban J connectivity index is 2.42. The Morgan fingerprint density at radius 2 is 1.95 bits per heavy atom. The van der Waals surface area contributed by atoms with E-state index in [9.17, 15) is 8.42 Å². The third-order valence-corrected chi connectivity index (χ3v) is 5.86. The van der Waals surface area contributed by atoms with Gasteiger partial charge >= 0.3 is 0 Å². The molecule has 3 atom stereocenters. The van der Waals surface area contributed by atoms with Crippen molar-refractivity contribution in [2.75, 3.05) is 26.7 Å². The van der Waals surface area contributed by atoms with E-state index in [0.717, 1.165) is 32.4 Å². The topological polar surface area (TPSA) is 61.4 Å². The summed E-state index contributed by atoms with van der Waals surface area (Å²) in [7, 11) is -1.68. The van der Waals surface area contributed by atoms with Gasteiger partial charge in [-0.3, -0.25) is 0 Å². The second-order valence-electron chi connectivity index (χ2n) is 5.67. The van der Waals surface area contributed by atoms with E-state index in [1.165, 1.54) is 4.31 Å². The van der Waals surface area contributed by atoms with Crippen LogP contribution in [-0.4, -0.2) is 45.4 Å². The molecule has 0 amide bonds. The predicted molar refractivity (Wildman–Crippen MR) is 79.2 cm³/mol. The fourth-order valence-corrected chi connectivity index (χ4v) is 3.80. The lowest BCUT2D eigenvalue weighted by molar-refractivity contribution is 0.385. The maximum atomic E-state index is 12.2. The summed E-state index contributed by atoms with van der Waals surface area (Å²) in [4.78, 5) is 0. The van der Waals surface area contributed by atoms with E-state index in [-0.39, 0.29) is 6.04 Å². The van der Waals surface area contributed by atoms with Crippen LogP contribution in [0.2, 0.25) is 0 Å². The van der Waals surface area contributed by atoms with Gasteiger partial charge in [-0.15, -0.1) is 0 Å². The van der Waals surface area contributed by atoms with Crippen LogP contribution in [0.5, 0.6) is 0 Å². The average molecular weight is 291 g/mol. The molecule has 0 saturated heterocycles. The van der Waals surface area contributed by atoms with Gasteiger partial charge in [0.2, 0.25) is 0 Å². The summed E-state index contributed by atoms with van der Waals surface area (Å²) in [6.45, 7) is 8.71. The van der Waals surface area contributed by atoms with Gasteiger partial charge in [-0.2, -0.15) is 17.4 Å². The monoisotopic (exact) mass is 291 g/mol. The molecule has 0 aromatic heterocycles. The zero-order valence-electron chi connectivity index (χ0n) is 12.6. The molecular formula is C13H29N3O2S. The predicted octanol–water partition coefficient (Wildman–Crippen LogP) is 1.19. The minimum absolute atomic E-state index is 0.0937. The third-order valence-electron chi connectivity index (χ3n) is 4.25. The molecule has 1 rings (SSSR count). The number of rotatable bonds is 8. The van der Waals surface area contributed by atoms with Crippen molar-refractivity contribution in [3.05, 3.63) is 0 Å². The Bertz CT molecular complexity index is 359. The summed E-state index contributed by atoms with van der Waals surface area (Å²) in [6, 6.07) is 0.0937. The summed E-state index contributed by atoms with van der Waals surface area (Å²) >= 11 is 0. The molecule has 114 valence electrons. The summed E-state index contributed by atoms with van der Waals surface area (Å²) in [5.41, 5.74) is 0. The largest absolute Gasteiger partial charge is 0.317 e. The highest BCUT2D eigenvalue weighted by molar-refractivity contribution is 7.87. The summed E-state index contributed by atoms with van der Waals surface area (Å²) in [5, 5.41) is 3.20. The standard InChI is InChI=1S/C13H29N3O2S/c1-5-14-9-6-10-16(4)19(17,18)15-13-8-7-11(2)12(13)3/h11-15H,5-10H2,1-4H3. The number of hydrogen-bond acceptors (Lipinski definition) is 3. The van der Waals surface area contributed by atoms with Gasteiger partial charge in [0.15, 0.2) is 0 Å². The molecule has 1 saturated carbocycles. The molecular weight excluding hydrogens is 262 g/mol. The molecule has 0 heterocycles. The van der Waals surface area contributed by atoms with Crippen molar-refractivity contribution in [3.8, 4) is 0 Å². The Morgan fingerprint density at radius 3 is 2.47 bits per heavy atom. The first kappa shape index (κ1) is 16.9. The van der Waals surface area contributed by atoms with Crippen molar-refractivity contribution < 1.29 is 8.42 Å². The van der Waals surface area contributed by atoms with Crippen LogP contribution in [0.25, 0.3) is 0 Å². The van der Waals surface area contributed by atoms with Gasteiger partial charge in [-0.25, -0.2) is 0 Å². The number of nitrogens with zero attached hydrogens (tertiary/aromatic N) is 1. The van der Waals surface area contributed by atoms with E-state index in [1.807, 2.05) is 6.92 Å². The highest BCUT2D eigenvalue weighted by atomic mass is 32.2. The Labute approximate surface area is 118 Å². The first-order valence-corrected chi connectivity index (χ1v) is 8.76. The van der Waals surface area contributed by atoms with Gasteiger partial charge in [0.25, 0.3) is 10.2 Å². The van der Waals surface area contributed by atoms with Crippen molar-refractivity contribution in [3.63, 3.8) is 0 Å². The van der Waals surface area contributed by atoms with E-state index >= 15 is 0 Å².